The Hall–Kier alpha value is -1.91. The normalized spacial score (nSPS) is 18.5. The van der Waals surface area contributed by atoms with Gasteiger partial charge in [-0.25, -0.2) is 0 Å². The van der Waals surface area contributed by atoms with Crippen molar-refractivity contribution in [1.82, 2.24) is 10.7 Å². The number of hydrogen-bond donors (Lipinski definition) is 3. The topological polar surface area (TPSA) is 99.8 Å². The summed E-state index contributed by atoms with van der Waals surface area (Å²) in [6.45, 7) is 0. The van der Waals surface area contributed by atoms with Crippen LogP contribution in [-0.2, 0) is 9.59 Å². The number of carbonyl (C=O) groups excluding carboxylic acids is 2. The van der Waals surface area contributed by atoms with Gasteiger partial charge >= 0.3 is 0 Å². The molecule has 1 aliphatic rings. The van der Waals surface area contributed by atoms with Gasteiger partial charge in [0.2, 0.25) is 5.91 Å². The zero-order valence-corrected chi connectivity index (χ0v) is 14.2. The average molecular weight is 400 g/mol. The minimum atomic E-state index is -1.13. The molecule has 2 amide bonds. The van der Waals surface area contributed by atoms with Crippen LogP contribution in [0.25, 0.3) is 0 Å². The first-order chi connectivity index (χ1) is 10.4. The molecule has 0 unspecified atom stereocenters. The highest BCUT2D eigenvalue weighted by Gasteiger charge is 2.38. The van der Waals surface area contributed by atoms with Gasteiger partial charge in [0.05, 0.1) is 5.69 Å². The van der Waals surface area contributed by atoms with Crippen molar-refractivity contribution < 1.29 is 9.59 Å². The Kier molecular flexibility index (Phi) is 5.16. The van der Waals surface area contributed by atoms with E-state index in [-0.39, 0.29) is 10.2 Å². The smallest absolute Gasteiger partial charge is 0.251 e. The molecule has 0 bridgehead atoms. The number of amides is 2. The molecule has 1 fully saturated rings. The number of halogens is 1. The van der Waals surface area contributed by atoms with Crippen LogP contribution < -0.4 is 21.4 Å². The summed E-state index contributed by atoms with van der Waals surface area (Å²) in [4.78, 5) is 25.6. The van der Waals surface area contributed by atoms with Crippen LogP contribution in [0, 0.1) is 5.92 Å². The van der Waals surface area contributed by atoms with Crippen LogP contribution in [0.5, 0.6) is 0 Å². The van der Waals surface area contributed by atoms with Crippen molar-refractivity contribution >= 4 is 74.3 Å². The lowest BCUT2D eigenvalue weighted by Gasteiger charge is -2.30. The maximum absolute atomic E-state index is 12.5. The summed E-state index contributed by atoms with van der Waals surface area (Å²) >= 11 is 13.0. The molecule has 0 radical (unpaired) electrons. The molecule has 2 rings (SSSR count). The Morgan fingerprint density at radius 3 is 2.64 bits per heavy atom. The number of nitrogens with two attached hydrogens (primary N) is 1. The lowest BCUT2D eigenvalue weighted by molar-refractivity contribution is -0.130. The molecule has 4 N–H and O–H groups in total. The Morgan fingerprint density at radius 2 is 2.05 bits per heavy atom. The maximum atomic E-state index is 12.5. The molecule has 1 saturated heterocycles. The molecule has 0 aliphatic carbocycles. The fraction of sp³-hybridized carbons (Fsp3) is 0.0833. The number of hydrogen-bond acceptors (Lipinski definition) is 5. The zero-order valence-electron chi connectivity index (χ0n) is 10.9. The third kappa shape index (κ3) is 3.64. The van der Waals surface area contributed by atoms with E-state index in [1.807, 2.05) is 0 Å². The van der Waals surface area contributed by atoms with Gasteiger partial charge in [0.15, 0.2) is 16.1 Å². The molecule has 1 atom stereocenters. The molecule has 0 spiro atoms. The first-order valence-corrected chi connectivity index (χ1v) is 7.54. The average Bonchev–Trinajstić information content (AvgIpc) is 2.44. The second kappa shape index (κ2) is 6.90. The Bertz CT molecular complexity index is 677. The van der Waals surface area contributed by atoms with E-state index >= 15 is 0 Å². The summed E-state index contributed by atoms with van der Waals surface area (Å²) < 4.78 is 0.856. The molecule has 1 aromatic rings. The van der Waals surface area contributed by atoms with Gasteiger partial charge in [0, 0.05) is 10.7 Å². The maximum Gasteiger partial charge on any atom is 0.251 e. The van der Waals surface area contributed by atoms with Crippen molar-refractivity contribution in [2.24, 2.45) is 16.8 Å². The predicted octanol–water partition coefficient (Wildman–Crippen LogP) is 0.632. The number of rotatable bonds is 3. The van der Waals surface area contributed by atoms with Gasteiger partial charge in [-0.1, -0.05) is 15.9 Å². The van der Waals surface area contributed by atoms with Gasteiger partial charge in [-0.05, 0) is 48.7 Å². The van der Waals surface area contributed by atoms with Gasteiger partial charge in [-0.3, -0.25) is 19.9 Å². The Balaban J connectivity index is 2.27. The summed E-state index contributed by atoms with van der Waals surface area (Å²) in [6, 6.07) is 6.93. The molecule has 10 heteroatoms. The number of carbonyl (C=O) groups is 2. The highest BCUT2D eigenvalue weighted by Crippen LogP contribution is 2.22. The first-order valence-electron chi connectivity index (χ1n) is 5.93. The number of nitrogens with zero attached hydrogens (tertiary/aromatic N) is 2. The molecule has 7 nitrogen and oxygen atoms in total. The van der Waals surface area contributed by atoms with Gasteiger partial charge < -0.3 is 11.1 Å². The van der Waals surface area contributed by atoms with Crippen molar-refractivity contribution in [3.8, 4) is 0 Å². The fourth-order valence-electron chi connectivity index (χ4n) is 1.73. The van der Waals surface area contributed by atoms with E-state index < -0.39 is 17.7 Å². The molecule has 1 aromatic carbocycles. The largest absolute Gasteiger partial charge is 0.375 e. The molecule has 0 saturated carbocycles. The molecule has 114 valence electrons. The number of anilines is 1. The number of thiocarbonyl (C=S) groups is 2. The zero-order chi connectivity index (χ0) is 16.3. The van der Waals surface area contributed by atoms with Crippen LogP contribution in [0.15, 0.2) is 33.8 Å². The van der Waals surface area contributed by atoms with E-state index in [1.54, 1.807) is 24.3 Å². The minimum Gasteiger partial charge on any atom is -0.375 e. The van der Waals surface area contributed by atoms with Crippen LogP contribution in [-0.4, -0.2) is 28.3 Å². The first kappa shape index (κ1) is 16.5. The predicted molar refractivity (Wildman–Crippen MR) is 94.3 cm³/mol. The lowest BCUT2D eigenvalue weighted by atomic mass is 10.1. The van der Waals surface area contributed by atoms with E-state index in [0.717, 1.165) is 10.7 Å². The number of nitrogens with one attached hydrogen (secondary N) is 2. The lowest BCUT2D eigenvalue weighted by Crippen LogP contribution is -2.58. The van der Waals surface area contributed by atoms with Gasteiger partial charge in [-0.2, -0.15) is 5.10 Å². The molecular formula is C12H10BrN5O2S2. The van der Waals surface area contributed by atoms with E-state index in [0.29, 0.717) is 5.69 Å². The highest BCUT2D eigenvalue weighted by molar-refractivity contribution is 9.10. The van der Waals surface area contributed by atoms with Crippen LogP contribution in [0.2, 0.25) is 0 Å². The molecule has 1 heterocycles. The van der Waals surface area contributed by atoms with E-state index in [1.165, 1.54) is 4.90 Å². The Morgan fingerprint density at radius 1 is 1.41 bits per heavy atom. The van der Waals surface area contributed by atoms with Crippen molar-refractivity contribution in [3.05, 3.63) is 28.7 Å². The van der Waals surface area contributed by atoms with Crippen LogP contribution in [0.3, 0.4) is 0 Å². The summed E-state index contributed by atoms with van der Waals surface area (Å²) in [5.74, 6) is -2.20. The van der Waals surface area contributed by atoms with E-state index in [9.17, 15) is 9.59 Å². The van der Waals surface area contributed by atoms with Gasteiger partial charge in [0.25, 0.3) is 5.91 Å². The summed E-state index contributed by atoms with van der Waals surface area (Å²) in [7, 11) is 0. The third-order valence-corrected chi connectivity index (χ3v) is 3.59. The van der Waals surface area contributed by atoms with Crippen molar-refractivity contribution in [3.63, 3.8) is 0 Å². The molecule has 22 heavy (non-hydrogen) atoms. The summed E-state index contributed by atoms with van der Waals surface area (Å²) in [5, 5.41) is 6.07. The highest BCUT2D eigenvalue weighted by atomic mass is 79.9. The summed E-state index contributed by atoms with van der Waals surface area (Å²) in [6.07, 6.45) is 1.13. The summed E-state index contributed by atoms with van der Waals surface area (Å²) in [5.41, 5.74) is 8.05. The van der Waals surface area contributed by atoms with Crippen LogP contribution >= 0.6 is 40.4 Å². The van der Waals surface area contributed by atoms with Crippen LogP contribution in [0.4, 0.5) is 5.69 Å². The van der Waals surface area contributed by atoms with Gasteiger partial charge in [-0.15, -0.1) is 0 Å². The number of benzene rings is 1. The van der Waals surface area contributed by atoms with E-state index in [4.69, 9.17) is 18.0 Å². The second-order valence-electron chi connectivity index (χ2n) is 4.18. The molecular weight excluding hydrogens is 390 g/mol. The quantitative estimate of drug-likeness (QED) is 0.298. The van der Waals surface area contributed by atoms with E-state index in [2.05, 4.69) is 44.0 Å². The molecule has 0 aromatic heterocycles. The van der Waals surface area contributed by atoms with Crippen LogP contribution in [0.1, 0.15) is 0 Å². The second-order valence-corrected chi connectivity index (χ2v) is 5.92. The SMILES string of the molecule is NC(=S)N/N=C\[C@H]1C(=O)NC(=S)N(c2ccc(Br)cc2)C1=O. The van der Waals surface area contributed by atoms with Gasteiger partial charge in [0.1, 0.15) is 0 Å². The minimum absolute atomic E-state index is 0.0178. The fourth-order valence-corrected chi connectivity index (χ4v) is 2.34. The Labute approximate surface area is 145 Å². The number of hydrazone groups is 1. The molecule has 1 aliphatic heterocycles. The standard InChI is InChI=1S/C12H10BrN5O2S2/c13-6-1-3-7(4-2-6)18-10(20)8(5-15-17-11(14)21)9(19)16-12(18)22/h1-5,8H,(H3,14,17,21)(H,16,19,22)/b15-5-/t8-/m0/s1. The van der Waals surface area contributed by atoms with Crippen molar-refractivity contribution in [2.45, 2.75) is 0 Å². The monoisotopic (exact) mass is 399 g/mol. The van der Waals surface area contributed by atoms with Crippen molar-refractivity contribution in [1.29, 1.82) is 0 Å². The third-order valence-electron chi connectivity index (χ3n) is 2.69. The van der Waals surface area contributed by atoms with Crippen molar-refractivity contribution in [2.75, 3.05) is 4.90 Å².